The maximum atomic E-state index is 13.5. The van der Waals surface area contributed by atoms with Crippen LogP contribution in [0.15, 0.2) is 77.8 Å². The molecule has 0 aliphatic heterocycles. The van der Waals surface area contributed by atoms with E-state index >= 15 is 0 Å². The van der Waals surface area contributed by atoms with Gasteiger partial charge in [0, 0.05) is 22.2 Å². The van der Waals surface area contributed by atoms with Crippen molar-refractivity contribution in [1.29, 1.82) is 0 Å². The van der Waals surface area contributed by atoms with Gasteiger partial charge in [-0.3, -0.25) is 4.98 Å². The fraction of sp³-hybridized carbons (Fsp3) is 0.160. The Kier molecular flexibility index (Phi) is 6.31. The Morgan fingerprint density at radius 2 is 1.62 bits per heavy atom. The van der Waals surface area contributed by atoms with Gasteiger partial charge >= 0.3 is 6.18 Å². The second-order valence-corrected chi connectivity index (χ2v) is 10.8. The Balaban J connectivity index is 1.78. The minimum atomic E-state index is -4.55. The highest BCUT2D eigenvalue weighted by Gasteiger charge is 2.33. The van der Waals surface area contributed by atoms with Crippen LogP contribution in [0.2, 0.25) is 5.02 Å². The molecular weight excluding hydrogens is 487 g/mol. The summed E-state index contributed by atoms with van der Waals surface area (Å²) < 4.78 is 71.3. The molecule has 0 fully saturated rings. The van der Waals surface area contributed by atoms with Gasteiger partial charge in [-0.25, -0.2) is 8.42 Å². The number of hydrogen-bond donors (Lipinski definition) is 0. The minimum absolute atomic E-state index is 0.133. The largest absolute Gasteiger partial charge is 0.457 e. The van der Waals surface area contributed by atoms with Gasteiger partial charge in [-0.15, -0.1) is 0 Å². The molecule has 1 aromatic heterocycles. The smallest absolute Gasteiger partial charge is 0.418 e. The second-order valence-electron chi connectivity index (χ2n) is 7.87. The van der Waals surface area contributed by atoms with Crippen molar-refractivity contribution in [2.45, 2.75) is 30.2 Å². The maximum absolute atomic E-state index is 13.5. The number of aromatic nitrogens is 1. The first-order valence-corrected chi connectivity index (χ1v) is 12.2. The molecule has 4 rings (SSSR count). The van der Waals surface area contributed by atoms with E-state index < -0.39 is 26.8 Å². The predicted octanol–water partition coefficient (Wildman–Crippen LogP) is 7.55. The van der Waals surface area contributed by atoms with E-state index in [1.165, 1.54) is 24.4 Å². The van der Waals surface area contributed by atoms with Gasteiger partial charge < -0.3 is 4.74 Å². The van der Waals surface area contributed by atoms with Gasteiger partial charge in [-0.2, -0.15) is 13.2 Å². The molecule has 0 N–H and O–H groups in total. The molecule has 4 nitrogen and oxygen atoms in total. The molecule has 0 unspecified atom stereocenters. The van der Waals surface area contributed by atoms with Crippen LogP contribution in [0.25, 0.3) is 22.0 Å². The lowest BCUT2D eigenvalue weighted by Crippen LogP contribution is -2.13. The monoisotopic (exact) mass is 505 g/mol. The van der Waals surface area contributed by atoms with E-state index in [-0.39, 0.29) is 10.4 Å². The molecule has 0 radical (unpaired) electrons. The normalized spacial score (nSPS) is 12.3. The van der Waals surface area contributed by atoms with Crippen LogP contribution in [-0.2, 0) is 16.0 Å². The Bertz CT molecular complexity index is 1480. The average Bonchev–Trinajstić information content (AvgIpc) is 2.79. The van der Waals surface area contributed by atoms with Crippen molar-refractivity contribution >= 4 is 32.3 Å². The van der Waals surface area contributed by atoms with Crippen LogP contribution in [0.5, 0.6) is 11.5 Å². The van der Waals surface area contributed by atoms with Crippen molar-refractivity contribution in [3.05, 3.63) is 83.5 Å². The van der Waals surface area contributed by atoms with Crippen LogP contribution < -0.4 is 4.74 Å². The molecule has 3 aromatic carbocycles. The molecule has 0 aliphatic rings. The molecule has 0 spiro atoms. The lowest BCUT2D eigenvalue weighted by Gasteiger charge is -2.14. The topological polar surface area (TPSA) is 56.3 Å². The van der Waals surface area contributed by atoms with Crippen LogP contribution in [0.1, 0.15) is 19.4 Å². The highest BCUT2D eigenvalue weighted by molar-refractivity contribution is 7.92. The molecule has 9 heteroatoms. The molecule has 34 heavy (non-hydrogen) atoms. The number of nitrogens with zero attached hydrogens (tertiary/aromatic N) is 1. The van der Waals surface area contributed by atoms with Crippen LogP contribution in [-0.4, -0.2) is 18.7 Å². The van der Waals surface area contributed by atoms with Gasteiger partial charge in [0.25, 0.3) is 0 Å². The van der Waals surface area contributed by atoms with E-state index in [4.69, 9.17) is 16.3 Å². The van der Waals surface area contributed by atoms with Crippen LogP contribution in [0.3, 0.4) is 0 Å². The minimum Gasteiger partial charge on any atom is -0.457 e. The molecule has 0 amide bonds. The van der Waals surface area contributed by atoms with E-state index in [1.807, 2.05) is 0 Å². The molecule has 1 heterocycles. The fourth-order valence-corrected chi connectivity index (χ4v) is 4.85. The first-order chi connectivity index (χ1) is 16.0. The van der Waals surface area contributed by atoms with Crippen molar-refractivity contribution in [2.75, 3.05) is 0 Å². The quantitative estimate of drug-likeness (QED) is 0.281. The summed E-state index contributed by atoms with van der Waals surface area (Å²) in [5.74, 6) is 0.643. The number of rotatable bonds is 5. The van der Waals surface area contributed by atoms with Gasteiger partial charge in [0.1, 0.15) is 11.5 Å². The summed E-state index contributed by atoms with van der Waals surface area (Å²) in [5, 5.41) is 0.0150. The summed E-state index contributed by atoms with van der Waals surface area (Å²) in [5.41, 5.74) is -0.0976. The number of hydrogen-bond acceptors (Lipinski definition) is 4. The van der Waals surface area contributed by atoms with Crippen LogP contribution in [0.4, 0.5) is 13.2 Å². The summed E-state index contributed by atoms with van der Waals surface area (Å²) in [6.07, 6.45) is -3.25. The number of fused-ring (bicyclic) bond motifs is 1. The number of para-hydroxylation sites is 1. The van der Waals surface area contributed by atoms with Crippen LogP contribution >= 0.6 is 11.6 Å². The summed E-state index contributed by atoms with van der Waals surface area (Å²) in [4.78, 5) is 4.08. The molecule has 0 saturated carbocycles. The SMILES string of the molecule is CC(C)S(=O)(=O)c1cccc(Oc2ccc(Cl)c(-c3ccnc4c(C(F)(F)F)cccc34)c2)c1. The molecular formula is C25H19ClF3NO3S. The zero-order valence-electron chi connectivity index (χ0n) is 18.1. The third-order valence-electron chi connectivity index (χ3n) is 5.29. The van der Waals surface area contributed by atoms with Crippen molar-refractivity contribution in [3.63, 3.8) is 0 Å². The maximum Gasteiger partial charge on any atom is 0.418 e. The molecule has 176 valence electrons. The Morgan fingerprint density at radius 1 is 0.912 bits per heavy atom. The van der Waals surface area contributed by atoms with Crippen molar-refractivity contribution in [1.82, 2.24) is 4.98 Å². The standard InChI is InChI=1S/C25H19ClF3NO3S/c1-15(2)34(31,32)18-6-3-5-16(13-18)33-17-9-10-23(26)21(14-17)19-11-12-30-24-20(19)7-4-8-22(24)25(27,28)29/h3-15H,1-2H3. The lowest BCUT2D eigenvalue weighted by molar-refractivity contribution is -0.136. The van der Waals surface area contributed by atoms with Gasteiger partial charge in [0.05, 0.1) is 21.2 Å². The zero-order chi connectivity index (χ0) is 24.7. The number of halogens is 4. The third-order valence-corrected chi connectivity index (χ3v) is 7.78. The van der Waals surface area contributed by atoms with Gasteiger partial charge in [-0.1, -0.05) is 29.8 Å². The summed E-state index contributed by atoms with van der Waals surface area (Å²) in [6, 6.07) is 16.3. The van der Waals surface area contributed by atoms with E-state index in [0.717, 1.165) is 6.07 Å². The Labute approximate surface area is 199 Å². The summed E-state index contributed by atoms with van der Waals surface area (Å²) in [7, 11) is -3.49. The van der Waals surface area contributed by atoms with Crippen molar-refractivity contribution in [3.8, 4) is 22.6 Å². The average molecular weight is 506 g/mol. The number of ether oxygens (including phenoxy) is 1. The molecule has 0 saturated heterocycles. The number of pyridine rings is 1. The van der Waals surface area contributed by atoms with Crippen molar-refractivity contribution in [2.24, 2.45) is 0 Å². The molecule has 0 atom stereocenters. The van der Waals surface area contributed by atoms with E-state index in [1.54, 1.807) is 56.3 Å². The number of alkyl halides is 3. The first kappa shape index (κ1) is 24.0. The van der Waals surface area contributed by atoms with Gasteiger partial charge in [0.15, 0.2) is 9.84 Å². The second kappa shape index (κ2) is 8.92. The van der Waals surface area contributed by atoms with E-state index in [9.17, 15) is 21.6 Å². The predicted molar refractivity (Wildman–Crippen MR) is 126 cm³/mol. The van der Waals surface area contributed by atoms with Crippen molar-refractivity contribution < 1.29 is 26.3 Å². The molecule has 0 bridgehead atoms. The summed E-state index contributed by atoms with van der Waals surface area (Å²) in [6.45, 7) is 3.19. The fourth-order valence-electron chi connectivity index (χ4n) is 3.54. The van der Waals surface area contributed by atoms with Crippen LogP contribution in [0, 0.1) is 0 Å². The molecule has 4 aromatic rings. The van der Waals surface area contributed by atoms with Gasteiger partial charge in [0.2, 0.25) is 0 Å². The van der Waals surface area contributed by atoms with Gasteiger partial charge in [-0.05, 0) is 67.9 Å². The highest BCUT2D eigenvalue weighted by atomic mass is 35.5. The highest BCUT2D eigenvalue weighted by Crippen LogP contribution is 2.40. The lowest BCUT2D eigenvalue weighted by atomic mass is 9.99. The molecule has 0 aliphatic carbocycles. The zero-order valence-corrected chi connectivity index (χ0v) is 19.7. The van der Waals surface area contributed by atoms with E-state index in [2.05, 4.69) is 4.98 Å². The van der Waals surface area contributed by atoms with E-state index in [0.29, 0.717) is 33.0 Å². The first-order valence-electron chi connectivity index (χ1n) is 10.2. The Hall–Kier alpha value is -3.10. The number of benzene rings is 3. The third kappa shape index (κ3) is 4.60. The number of sulfone groups is 1. The summed E-state index contributed by atoms with van der Waals surface area (Å²) >= 11 is 6.41. The Morgan fingerprint density at radius 3 is 2.32 bits per heavy atom.